The molecule has 0 spiro atoms. The lowest BCUT2D eigenvalue weighted by atomic mass is 9.90. The van der Waals surface area contributed by atoms with Crippen molar-refractivity contribution in [2.75, 3.05) is 5.75 Å². The van der Waals surface area contributed by atoms with Crippen molar-refractivity contribution in [3.63, 3.8) is 0 Å². The van der Waals surface area contributed by atoms with Crippen molar-refractivity contribution >= 4 is 12.6 Å². The quantitative estimate of drug-likeness (QED) is 0.545. The van der Waals surface area contributed by atoms with Crippen LogP contribution < -0.4 is 0 Å². The first kappa shape index (κ1) is 6.47. The molecule has 0 aromatic heterocycles. The molecular formula is C7H14S. The summed E-state index contributed by atoms with van der Waals surface area (Å²) in [5.74, 6) is 2.03. The molecule has 0 aromatic rings. The molecule has 1 rings (SSSR count). The van der Waals surface area contributed by atoms with Gasteiger partial charge in [0.2, 0.25) is 0 Å². The molecule has 1 aliphatic carbocycles. The van der Waals surface area contributed by atoms with Gasteiger partial charge in [0.15, 0.2) is 0 Å². The molecule has 48 valence electrons. The monoisotopic (exact) mass is 130 g/mol. The molecule has 0 atom stereocenters. The minimum atomic E-state index is 0.517. The van der Waals surface area contributed by atoms with Gasteiger partial charge >= 0.3 is 0 Å². The summed E-state index contributed by atoms with van der Waals surface area (Å²) in [5, 5.41) is 0. The lowest BCUT2D eigenvalue weighted by Crippen LogP contribution is -2.15. The average Bonchev–Trinajstić information content (AvgIpc) is 2.44. The van der Waals surface area contributed by atoms with Crippen LogP contribution in [-0.4, -0.2) is 5.75 Å². The van der Waals surface area contributed by atoms with Gasteiger partial charge in [0.05, 0.1) is 0 Å². The summed E-state index contributed by atoms with van der Waals surface area (Å²) >= 11 is 4.28. The Kier molecular flexibility index (Phi) is 1.57. The molecule has 0 aliphatic heterocycles. The molecule has 1 heteroatoms. The molecule has 0 aromatic carbocycles. The minimum Gasteiger partial charge on any atom is -0.179 e. The normalized spacial score (nSPS) is 21.4. The van der Waals surface area contributed by atoms with Crippen molar-refractivity contribution in [2.24, 2.45) is 11.3 Å². The van der Waals surface area contributed by atoms with E-state index in [1.165, 1.54) is 12.8 Å². The molecule has 1 aliphatic rings. The van der Waals surface area contributed by atoms with Gasteiger partial charge in [-0.05, 0) is 29.9 Å². The van der Waals surface area contributed by atoms with E-state index in [1.807, 2.05) is 0 Å². The minimum absolute atomic E-state index is 0.517. The molecule has 0 heterocycles. The second-order valence-electron chi connectivity index (χ2n) is 3.42. The Balaban J connectivity index is 2.37. The van der Waals surface area contributed by atoms with Crippen molar-refractivity contribution in [2.45, 2.75) is 26.7 Å². The number of hydrogen-bond acceptors (Lipinski definition) is 1. The van der Waals surface area contributed by atoms with E-state index in [0.29, 0.717) is 5.41 Å². The lowest BCUT2D eigenvalue weighted by Gasteiger charge is -2.20. The molecule has 1 saturated carbocycles. The molecule has 1 fully saturated rings. The zero-order chi connectivity index (χ0) is 6.20. The SMILES string of the molecule is CC(C)(CS)C1CC1. The van der Waals surface area contributed by atoms with Gasteiger partial charge in [0, 0.05) is 0 Å². The predicted octanol–water partition coefficient (Wildman–Crippen LogP) is 2.35. The van der Waals surface area contributed by atoms with Crippen molar-refractivity contribution in [3.8, 4) is 0 Å². The summed E-state index contributed by atoms with van der Waals surface area (Å²) in [7, 11) is 0. The zero-order valence-electron chi connectivity index (χ0n) is 5.65. The number of thiol groups is 1. The van der Waals surface area contributed by atoms with Crippen LogP contribution in [0.3, 0.4) is 0 Å². The molecule has 0 saturated heterocycles. The predicted molar refractivity (Wildman–Crippen MR) is 40.4 cm³/mol. The highest BCUT2D eigenvalue weighted by Gasteiger charge is 2.36. The molecule has 0 unspecified atom stereocenters. The van der Waals surface area contributed by atoms with E-state index in [2.05, 4.69) is 26.5 Å². The molecular weight excluding hydrogens is 116 g/mol. The van der Waals surface area contributed by atoms with Crippen LogP contribution in [0.15, 0.2) is 0 Å². The van der Waals surface area contributed by atoms with Crippen LogP contribution in [0, 0.1) is 11.3 Å². The van der Waals surface area contributed by atoms with Gasteiger partial charge in [-0.15, -0.1) is 0 Å². The molecule has 0 bridgehead atoms. The number of hydrogen-bond donors (Lipinski definition) is 1. The highest BCUT2D eigenvalue weighted by molar-refractivity contribution is 7.80. The van der Waals surface area contributed by atoms with Gasteiger partial charge in [-0.2, -0.15) is 12.6 Å². The second-order valence-corrected chi connectivity index (χ2v) is 3.74. The smallest absolute Gasteiger partial charge is 0.00438 e. The summed E-state index contributed by atoms with van der Waals surface area (Å²) in [4.78, 5) is 0. The van der Waals surface area contributed by atoms with Gasteiger partial charge in [-0.25, -0.2) is 0 Å². The van der Waals surface area contributed by atoms with Gasteiger partial charge in [0.1, 0.15) is 0 Å². The van der Waals surface area contributed by atoms with Crippen LogP contribution in [0.4, 0.5) is 0 Å². The van der Waals surface area contributed by atoms with Crippen molar-refractivity contribution in [1.29, 1.82) is 0 Å². The molecule has 0 amide bonds. The van der Waals surface area contributed by atoms with E-state index in [4.69, 9.17) is 0 Å². The van der Waals surface area contributed by atoms with E-state index < -0.39 is 0 Å². The lowest BCUT2D eigenvalue weighted by molar-refractivity contribution is 0.361. The summed E-state index contributed by atoms with van der Waals surface area (Å²) in [5.41, 5.74) is 0.517. The largest absolute Gasteiger partial charge is 0.179 e. The van der Waals surface area contributed by atoms with Crippen LogP contribution in [0.25, 0.3) is 0 Å². The zero-order valence-corrected chi connectivity index (χ0v) is 6.54. The van der Waals surface area contributed by atoms with Crippen molar-refractivity contribution in [3.05, 3.63) is 0 Å². The first-order valence-corrected chi connectivity index (χ1v) is 3.91. The van der Waals surface area contributed by atoms with Gasteiger partial charge in [-0.3, -0.25) is 0 Å². The van der Waals surface area contributed by atoms with Crippen LogP contribution >= 0.6 is 12.6 Å². The van der Waals surface area contributed by atoms with Crippen LogP contribution in [0.2, 0.25) is 0 Å². The molecule has 0 nitrogen and oxygen atoms in total. The van der Waals surface area contributed by atoms with Crippen LogP contribution in [0.1, 0.15) is 26.7 Å². The standard InChI is InChI=1S/C7H14S/c1-7(2,5-8)6-3-4-6/h6,8H,3-5H2,1-2H3. The Hall–Kier alpha value is 0.350. The topological polar surface area (TPSA) is 0 Å². The third kappa shape index (κ3) is 1.19. The van der Waals surface area contributed by atoms with Crippen LogP contribution in [0.5, 0.6) is 0 Å². The maximum absolute atomic E-state index is 4.28. The molecule has 8 heavy (non-hydrogen) atoms. The summed E-state index contributed by atoms with van der Waals surface area (Å²) in [6.45, 7) is 4.61. The summed E-state index contributed by atoms with van der Waals surface area (Å²) < 4.78 is 0. The van der Waals surface area contributed by atoms with E-state index in [-0.39, 0.29) is 0 Å². The number of rotatable bonds is 2. The Morgan fingerprint density at radius 2 is 2.00 bits per heavy atom. The van der Waals surface area contributed by atoms with Gasteiger partial charge in [-0.1, -0.05) is 13.8 Å². The highest BCUT2D eigenvalue weighted by atomic mass is 32.1. The van der Waals surface area contributed by atoms with Gasteiger partial charge in [0.25, 0.3) is 0 Å². The van der Waals surface area contributed by atoms with E-state index in [0.717, 1.165) is 11.7 Å². The van der Waals surface area contributed by atoms with E-state index >= 15 is 0 Å². The summed E-state index contributed by atoms with van der Waals surface area (Å²) in [6.07, 6.45) is 2.88. The average molecular weight is 130 g/mol. The Bertz CT molecular complexity index is 82.4. The first-order chi connectivity index (χ1) is 3.67. The third-order valence-electron chi connectivity index (χ3n) is 2.09. The Labute approximate surface area is 57.1 Å². The first-order valence-electron chi connectivity index (χ1n) is 3.27. The van der Waals surface area contributed by atoms with E-state index in [9.17, 15) is 0 Å². The molecule has 0 N–H and O–H groups in total. The Morgan fingerprint density at radius 3 is 2.12 bits per heavy atom. The maximum atomic E-state index is 4.28. The second kappa shape index (κ2) is 1.94. The maximum Gasteiger partial charge on any atom is -0.00438 e. The fourth-order valence-corrected chi connectivity index (χ4v) is 1.25. The van der Waals surface area contributed by atoms with E-state index in [1.54, 1.807) is 0 Å². The fraction of sp³-hybridized carbons (Fsp3) is 1.00. The fourth-order valence-electron chi connectivity index (χ4n) is 0.994. The highest BCUT2D eigenvalue weighted by Crippen LogP contribution is 2.45. The van der Waals surface area contributed by atoms with Crippen molar-refractivity contribution < 1.29 is 0 Å². The third-order valence-corrected chi connectivity index (χ3v) is 2.91. The van der Waals surface area contributed by atoms with Gasteiger partial charge < -0.3 is 0 Å². The summed E-state index contributed by atoms with van der Waals surface area (Å²) in [6, 6.07) is 0. The molecule has 0 radical (unpaired) electrons. The van der Waals surface area contributed by atoms with Crippen molar-refractivity contribution in [1.82, 2.24) is 0 Å². The Morgan fingerprint density at radius 1 is 1.50 bits per heavy atom. The van der Waals surface area contributed by atoms with Crippen LogP contribution in [-0.2, 0) is 0 Å².